The molecule has 1 atom stereocenters. The third-order valence-electron chi connectivity index (χ3n) is 2.16. The van der Waals surface area contributed by atoms with Crippen molar-refractivity contribution >= 4 is 17.3 Å². The fourth-order valence-corrected chi connectivity index (χ4v) is 1.82. The molecular formula is C12H17ClFN. The lowest BCUT2D eigenvalue weighted by atomic mass is 10.1. The van der Waals surface area contributed by atoms with E-state index in [4.69, 9.17) is 11.6 Å². The van der Waals surface area contributed by atoms with Gasteiger partial charge in [0.25, 0.3) is 0 Å². The first-order chi connectivity index (χ1) is 6.99. The van der Waals surface area contributed by atoms with Crippen molar-refractivity contribution in [3.8, 4) is 0 Å². The van der Waals surface area contributed by atoms with Gasteiger partial charge in [0.15, 0.2) is 0 Å². The maximum Gasteiger partial charge on any atom is 0.141 e. The third kappa shape index (κ3) is 4.08. The molecular weight excluding hydrogens is 213 g/mol. The van der Waals surface area contributed by atoms with E-state index in [-0.39, 0.29) is 10.8 Å². The molecule has 0 radical (unpaired) electrons. The average molecular weight is 230 g/mol. The van der Waals surface area contributed by atoms with Crippen molar-refractivity contribution in [2.75, 3.05) is 5.32 Å². The molecule has 0 heterocycles. The summed E-state index contributed by atoms with van der Waals surface area (Å²) in [5.74, 6) is 0.266. The molecule has 1 N–H and O–H groups in total. The Morgan fingerprint density at radius 2 is 2.00 bits per heavy atom. The lowest BCUT2D eigenvalue weighted by Gasteiger charge is -2.17. The van der Waals surface area contributed by atoms with Gasteiger partial charge in [0, 0.05) is 11.7 Å². The summed E-state index contributed by atoms with van der Waals surface area (Å²) >= 11 is 5.69. The second-order valence-corrected chi connectivity index (χ2v) is 4.71. The molecule has 0 aliphatic heterocycles. The zero-order valence-corrected chi connectivity index (χ0v) is 10.1. The van der Waals surface area contributed by atoms with E-state index in [1.807, 2.05) is 0 Å². The lowest BCUT2D eigenvalue weighted by molar-refractivity contribution is 0.539. The Morgan fingerprint density at radius 1 is 1.33 bits per heavy atom. The third-order valence-corrected chi connectivity index (χ3v) is 2.45. The van der Waals surface area contributed by atoms with Gasteiger partial charge in [0.2, 0.25) is 0 Å². The van der Waals surface area contributed by atoms with Crippen LogP contribution >= 0.6 is 11.6 Å². The highest BCUT2D eigenvalue weighted by Crippen LogP contribution is 2.20. The minimum absolute atomic E-state index is 0.164. The van der Waals surface area contributed by atoms with Crippen molar-refractivity contribution in [1.29, 1.82) is 0 Å². The second kappa shape index (κ2) is 5.36. The van der Waals surface area contributed by atoms with E-state index < -0.39 is 0 Å². The van der Waals surface area contributed by atoms with Gasteiger partial charge in [0.05, 0.1) is 5.02 Å². The predicted molar refractivity (Wildman–Crippen MR) is 63.9 cm³/mol. The fraction of sp³-hybridized carbons (Fsp3) is 0.500. The topological polar surface area (TPSA) is 12.0 Å². The molecule has 0 aromatic heterocycles. The van der Waals surface area contributed by atoms with Crippen molar-refractivity contribution < 1.29 is 4.39 Å². The minimum Gasteiger partial charge on any atom is -0.383 e. The van der Waals surface area contributed by atoms with Gasteiger partial charge in [-0.25, -0.2) is 4.39 Å². The first kappa shape index (κ1) is 12.3. The first-order valence-electron chi connectivity index (χ1n) is 5.20. The van der Waals surface area contributed by atoms with Gasteiger partial charge in [-0.05, 0) is 37.5 Å². The van der Waals surface area contributed by atoms with Crippen LogP contribution in [0.1, 0.15) is 27.2 Å². The summed E-state index contributed by atoms with van der Waals surface area (Å²) in [7, 11) is 0. The Bertz CT molecular complexity index is 325. The molecule has 0 fully saturated rings. The second-order valence-electron chi connectivity index (χ2n) is 4.30. The molecule has 1 unspecified atom stereocenters. The zero-order valence-electron chi connectivity index (χ0n) is 9.35. The number of rotatable bonds is 4. The summed E-state index contributed by atoms with van der Waals surface area (Å²) in [6, 6.07) is 5.07. The number of hydrogen-bond donors (Lipinski definition) is 1. The van der Waals surface area contributed by atoms with Crippen LogP contribution in [0.25, 0.3) is 0 Å². The number of nitrogens with one attached hydrogen (secondary N) is 1. The van der Waals surface area contributed by atoms with Gasteiger partial charge in [-0.15, -0.1) is 0 Å². The SMILES string of the molecule is CC(C)CC(C)Nc1ccc(F)c(Cl)c1. The molecule has 1 nitrogen and oxygen atoms in total. The molecule has 0 aliphatic rings. The summed E-state index contributed by atoms with van der Waals surface area (Å²) in [6.07, 6.45) is 1.08. The van der Waals surface area contributed by atoms with E-state index in [9.17, 15) is 4.39 Å². The maximum atomic E-state index is 12.9. The van der Waals surface area contributed by atoms with E-state index >= 15 is 0 Å². The number of benzene rings is 1. The number of halogens is 2. The van der Waals surface area contributed by atoms with Crippen molar-refractivity contribution in [3.05, 3.63) is 29.0 Å². The van der Waals surface area contributed by atoms with Gasteiger partial charge in [-0.1, -0.05) is 25.4 Å². The van der Waals surface area contributed by atoms with Crippen LogP contribution in [-0.2, 0) is 0 Å². The van der Waals surface area contributed by atoms with E-state index in [1.165, 1.54) is 6.07 Å². The molecule has 15 heavy (non-hydrogen) atoms. The van der Waals surface area contributed by atoms with Crippen LogP contribution in [0.15, 0.2) is 18.2 Å². The van der Waals surface area contributed by atoms with Crippen molar-refractivity contribution in [1.82, 2.24) is 0 Å². The minimum atomic E-state index is -0.376. The molecule has 0 amide bonds. The standard InChI is InChI=1S/C12H17ClFN/c1-8(2)6-9(3)15-10-4-5-12(14)11(13)7-10/h4-5,7-9,15H,6H2,1-3H3. The first-order valence-corrected chi connectivity index (χ1v) is 5.58. The van der Waals surface area contributed by atoms with Crippen LogP contribution in [0.2, 0.25) is 5.02 Å². The number of anilines is 1. The summed E-state index contributed by atoms with van der Waals surface area (Å²) in [5, 5.41) is 3.45. The van der Waals surface area contributed by atoms with Crippen LogP contribution in [0.4, 0.5) is 10.1 Å². The van der Waals surface area contributed by atoms with Crippen LogP contribution < -0.4 is 5.32 Å². The van der Waals surface area contributed by atoms with Crippen LogP contribution in [0.3, 0.4) is 0 Å². The van der Waals surface area contributed by atoms with Gasteiger partial charge in [-0.3, -0.25) is 0 Å². The lowest BCUT2D eigenvalue weighted by Crippen LogP contribution is -2.17. The quantitative estimate of drug-likeness (QED) is 0.811. The molecule has 3 heteroatoms. The monoisotopic (exact) mass is 229 g/mol. The predicted octanol–water partition coefficient (Wildman–Crippen LogP) is 4.33. The molecule has 84 valence electrons. The van der Waals surface area contributed by atoms with E-state index in [1.54, 1.807) is 12.1 Å². The summed E-state index contributed by atoms with van der Waals surface area (Å²) < 4.78 is 12.9. The smallest absolute Gasteiger partial charge is 0.141 e. The maximum absolute atomic E-state index is 12.9. The van der Waals surface area contributed by atoms with Crippen molar-refractivity contribution in [2.45, 2.75) is 33.2 Å². The Balaban J connectivity index is 2.60. The van der Waals surface area contributed by atoms with E-state index in [2.05, 4.69) is 26.1 Å². The Hall–Kier alpha value is -0.760. The summed E-state index contributed by atoms with van der Waals surface area (Å²) in [6.45, 7) is 6.46. The van der Waals surface area contributed by atoms with E-state index in [0.29, 0.717) is 12.0 Å². The Labute approximate surface area is 95.6 Å². The highest BCUT2D eigenvalue weighted by atomic mass is 35.5. The molecule has 0 saturated carbocycles. The van der Waals surface area contributed by atoms with Gasteiger partial charge in [0.1, 0.15) is 5.82 Å². The molecule has 1 aromatic carbocycles. The van der Waals surface area contributed by atoms with Gasteiger partial charge >= 0.3 is 0 Å². The molecule has 1 aromatic rings. The van der Waals surface area contributed by atoms with Crippen LogP contribution in [0.5, 0.6) is 0 Å². The molecule has 0 saturated heterocycles. The largest absolute Gasteiger partial charge is 0.383 e. The average Bonchev–Trinajstić information content (AvgIpc) is 2.10. The van der Waals surface area contributed by atoms with E-state index in [0.717, 1.165) is 12.1 Å². The zero-order chi connectivity index (χ0) is 11.4. The summed E-state index contributed by atoms with van der Waals surface area (Å²) in [5.41, 5.74) is 0.870. The molecule has 0 aliphatic carbocycles. The van der Waals surface area contributed by atoms with Gasteiger partial charge < -0.3 is 5.32 Å². The Morgan fingerprint density at radius 3 is 2.53 bits per heavy atom. The molecule has 1 rings (SSSR count). The van der Waals surface area contributed by atoms with Crippen molar-refractivity contribution in [2.24, 2.45) is 5.92 Å². The van der Waals surface area contributed by atoms with Crippen molar-refractivity contribution in [3.63, 3.8) is 0 Å². The fourth-order valence-electron chi connectivity index (χ4n) is 1.64. The highest BCUT2D eigenvalue weighted by molar-refractivity contribution is 6.31. The number of hydrogen-bond acceptors (Lipinski definition) is 1. The van der Waals surface area contributed by atoms with Crippen LogP contribution in [0, 0.1) is 11.7 Å². The van der Waals surface area contributed by atoms with Gasteiger partial charge in [-0.2, -0.15) is 0 Å². The molecule has 0 bridgehead atoms. The van der Waals surface area contributed by atoms with Crippen LogP contribution in [-0.4, -0.2) is 6.04 Å². The Kier molecular flexibility index (Phi) is 4.40. The highest BCUT2D eigenvalue weighted by Gasteiger charge is 2.06. The normalized spacial score (nSPS) is 12.9. The summed E-state index contributed by atoms with van der Waals surface area (Å²) in [4.78, 5) is 0. The molecule has 0 spiro atoms.